The van der Waals surface area contributed by atoms with Crippen LogP contribution in [0.1, 0.15) is 27.0 Å². The van der Waals surface area contributed by atoms with Crippen molar-refractivity contribution in [3.63, 3.8) is 0 Å². The lowest BCUT2D eigenvalue weighted by atomic mass is 9.99. The molecule has 0 aliphatic heterocycles. The number of aryl methyl sites for hydroxylation is 1. The standard InChI is InChI=1S/C23H24N2O3S/c1-17-13-14-20(29(27,28)25(2)3)16-22(17)24-23(26)21-12-8-7-11-19(21)15-18-9-5-4-6-10-18/h4-14,16H,15H2,1-3H3,(H,24,26). The lowest BCUT2D eigenvalue weighted by Gasteiger charge is -2.15. The predicted octanol–water partition coefficient (Wildman–Crippen LogP) is 4.09. The quantitative estimate of drug-likeness (QED) is 0.668. The van der Waals surface area contributed by atoms with Gasteiger partial charge in [-0.25, -0.2) is 12.7 Å². The van der Waals surface area contributed by atoms with E-state index in [-0.39, 0.29) is 10.8 Å². The Kier molecular flexibility index (Phi) is 6.15. The van der Waals surface area contributed by atoms with Crippen LogP contribution < -0.4 is 5.32 Å². The molecule has 0 aromatic heterocycles. The average molecular weight is 409 g/mol. The molecule has 0 unspecified atom stereocenters. The Morgan fingerprint density at radius 3 is 2.28 bits per heavy atom. The van der Waals surface area contributed by atoms with Gasteiger partial charge in [0.15, 0.2) is 0 Å². The van der Waals surface area contributed by atoms with Crippen molar-refractivity contribution in [2.24, 2.45) is 0 Å². The lowest BCUT2D eigenvalue weighted by molar-refractivity contribution is 0.102. The Bertz CT molecular complexity index is 1120. The van der Waals surface area contributed by atoms with Gasteiger partial charge in [0.25, 0.3) is 5.91 Å². The zero-order chi connectivity index (χ0) is 21.0. The zero-order valence-electron chi connectivity index (χ0n) is 16.7. The monoisotopic (exact) mass is 408 g/mol. The van der Waals surface area contributed by atoms with Crippen LogP contribution in [0.2, 0.25) is 0 Å². The van der Waals surface area contributed by atoms with Gasteiger partial charge in [-0.1, -0.05) is 54.6 Å². The van der Waals surface area contributed by atoms with Crippen molar-refractivity contribution in [1.82, 2.24) is 4.31 Å². The highest BCUT2D eigenvalue weighted by Crippen LogP contribution is 2.23. The molecule has 5 nitrogen and oxygen atoms in total. The maximum absolute atomic E-state index is 13.0. The van der Waals surface area contributed by atoms with Crippen LogP contribution in [0.4, 0.5) is 5.69 Å². The minimum Gasteiger partial charge on any atom is -0.322 e. The van der Waals surface area contributed by atoms with Gasteiger partial charge >= 0.3 is 0 Å². The number of benzene rings is 3. The minimum atomic E-state index is -3.58. The second-order valence-corrected chi connectivity index (χ2v) is 9.19. The molecule has 1 amide bonds. The summed E-state index contributed by atoms with van der Waals surface area (Å²) in [6.07, 6.45) is 0.637. The number of carbonyl (C=O) groups is 1. The van der Waals surface area contributed by atoms with Gasteiger partial charge in [0.2, 0.25) is 10.0 Å². The number of sulfonamides is 1. The first-order valence-corrected chi connectivity index (χ1v) is 10.7. The number of anilines is 1. The molecule has 0 bridgehead atoms. The fourth-order valence-electron chi connectivity index (χ4n) is 3.01. The van der Waals surface area contributed by atoms with Crippen LogP contribution >= 0.6 is 0 Å². The Morgan fingerprint density at radius 1 is 0.931 bits per heavy atom. The van der Waals surface area contributed by atoms with Gasteiger partial charge in [-0.05, 0) is 48.2 Å². The van der Waals surface area contributed by atoms with E-state index < -0.39 is 10.0 Å². The van der Waals surface area contributed by atoms with E-state index in [1.54, 1.807) is 18.2 Å². The van der Waals surface area contributed by atoms with Gasteiger partial charge in [-0.15, -0.1) is 0 Å². The van der Waals surface area contributed by atoms with E-state index in [9.17, 15) is 13.2 Å². The lowest BCUT2D eigenvalue weighted by Crippen LogP contribution is -2.22. The number of nitrogens with one attached hydrogen (secondary N) is 1. The predicted molar refractivity (Wildman–Crippen MR) is 116 cm³/mol. The fraction of sp³-hybridized carbons (Fsp3) is 0.174. The third-order valence-electron chi connectivity index (χ3n) is 4.74. The summed E-state index contributed by atoms with van der Waals surface area (Å²) in [5, 5.41) is 2.88. The van der Waals surface area contributed by atoms with Crippen LogP contribution in [0.25, 0.3) is 0 Å². The SMILES string of the molecule is Cc1ccc(S(=O)(=O)N(C)C)cc1NC(=O)c1ccccc1Cc1ccccc1. The highest BCUT2D eigenvalue weighted by Gasteiger charge is 2.19. The van der Waals surface area contributed by atoms with Crippen molar-refractivity contribution >= 4 is 21.6 Å². The molecular weight excluding hydrogens is 384 g/mol. The molecule has 6 heteroatoms. The molecule has 29 heavy (non-hydrogen) atoms. The Morgan fingerprint density at radius 2 is 1.59 bits per heavy atom. The molecule has 3 aromatic carbocycles. The summed E-state index contributed by atoms with van der Waals surface area (Å²) in [6.45, 7) is 1.83. The molecule has 150 valence electrons. The molecule has 0 heterocycles. The van der Waals surface area contributed by atoms with Gasteiger partial charge in [-0.3, -0.25) is 4.79 Å². The van der Waals surface area contributed by atoms with Gasteiger partial charge in [0, 0.05) is 25.3 Å². The van der Waals surface area contributed by atoms with Gasteiger partial charge in [0.1, 0.15) is 0 Å². The van der Waals surface area contributed by atoms with Crippen molar-refractivity contribution in [3.05, 3.63) is 95.1 Å². The van der Waals surface area contributed by atoms with Gasteiger partial charge in [-0.2, -0.15) is 0 Å². The van der Waals surface area contributed by atoms with E-state index in [1.807, 2.05) is 55.5 Å². The van der Waals surface area contributed by atoms with Crippen LogP contribution in [0.5, 0.6) is 0 Å². The summed E-state index contributed by atoms with van der Waals surface area (Å²) < 4.78 is 26.0. The molecule has 0 aliphatic rings. The highest BCUT2D eigenvalue weighted by molar-refractivity contribution is 7.89. The molecule has 3 aromatic rings. The summed E-state index contributed by atoms with van der Waals surface area (Å²) in [5.41, 5.74) is 3.86. The summed E-state index contributed by atoms with van der Waals surface area (Å²) in [7, 11) is -0.625. The zero-order valence-corrected chi connectivity index (χ0v) is 17.5. The Labute approximate surface area is 172 Å². The van der Waals surface area contributed by atoms with E-state index in [0.717, 1.165) is 21.0 Å². The first-order chi connectivity index (χ1) is 13.8. The number of nitrogens with zero attached hydrogens (tertiary/aromatic N) is 1. The molecule has 0 saturated heterocycles. The Balaban J connectivity index is 1.90. The molecule has 0 atom stereocenters. The largest absolute Gasteiger partial charge is 0.322 e. The normalized spacial score (nSPS) is 11.4. The van der Waals surface area contributed by atoms with E-state index in [0.29, 0.717) is 17.7 Å². The van der Waals surface area contributed by atoms with Crippen molar-refractivity contribution in [3.8, 4) is 0 Å². The third kappa shape index (κ3) is 4.72. The second-order valence-electron chi connectivity index (χ2n) is 7.04. The molecule has 0 radical (unpaired) electrons. The molecular formula is C23H24N2O3S. The van der Waals surface area contributed by atoms with Gasteiger partial charge < -0.3 is 5.32 Å². The minimum absolute atomic E-state index is 0.140. The molecule has 3 rings (SSSR count). The van der Waals surface area contributed by atoms with Crippen LogP contribution in [-0.4, -0.2) is 32.7 Å². The van der Waals surface area contributed by atoms with Crippen LogP contribution in [-0.2, 0) is 16.4 Å². The van der Waals surface area contributed by atoms with E-state index in [2.05, 4.69) is 5.32 Å². The van der Waals surface area contributed by atoms with Crippen molar-refractivity contribution in [2.75, 3.05) is 19.4 Å². The third-order valence-corrected chi connectivity index (χ3v) is 6.55. The van der Waals surface area contributed by atoms with E-state index >= 15 is 0 Å². The van der Waals surface area contributed by atoms with Crippen molar-refractivity contribution < 1.29 is 13.2 Å². The van der Waals surface area contributed by atoms with Gasteiger partial charge in [0.05, 0.1) is 4.90 Å². The summed E-state index contributed by atoms with van der Waals surface area (Å²) in [4.78, 5) is 13.1. The Hall–Kier alpha value is -2.96. The molecule has 0 aliphatic carbocycles. The average Bonchev–Trinajstić information content (AvgIpc) is 2.70. The topological polar surface area (TPSA) is 66.5 Å². The number of hydrogen-bond acceptors (Lipinski definition) is 3. The van der Waals surface area contributed by atoms with E-state index in [4.69, 9.17) is 0 Å². The molecule has 0 saturated carbocycles. The smallest absolute Gasteiger partial charge is 0.255 e. The maximum atomic E-state index is 13.0. The molecule has 0 spiro atoms. The first-order valence-electron chi connectivity index (χ1n) is 9.25. The van der Waals surface area contributed by atoms with Crippen LogP contribution in [0, 0.1) is 6.92 Å². The number of carbonyl (C=O) groups excluding carboxylic acids is 1. The second kappa shape index (κ2) is 8.59. The van der Waals surface area contributed by atoms with E-state index in [1.165, 1.54) is 20.2 Å². The van der Waals surface area contributed by atoms with Crippen LogP contribution in [0.15, 0.2) is 77.7 Å². The first kappa shape index (κ1) is 20.8. The number of hydrogen-bond donors (Lipinski definition) is 1. The summed E-state index contributed by atoms with van der Waals surface area (Å²) >= 11 is 0. The summed E-state index contributed by atoms with van der Waals surface area (Å²) in [6, 6.07) is 22.1. The molecule has 1 N–H and O–H groups in total. The fourth-order valence-corrected chi connectivity index (χ4v) is 3.94. The number of amides is 1. The van der Waals surface area contributed by atoms with Crippen molar-refractivity contribution in [1.29, 1.82) is 0 Å². The highest BCUT2D eigenvalue weighted by atomic mass is 32.2. The number of rotatable bonds is 6. The molecule has 0 fully saturated rings. The maximum Gasteiger partial charge on any atom is 0.255 e. The summed E-state index contributed by atoms with van der Waals surface area (Å²) in [5.74, 6) is -0.265. The van der Waals surface area contributed by atoms with Crippen LogP contribution in [0.3, 0.4) is 0 Å². The van der Waals surface area contributed by atoms with Crippen molar-refractivity contribution in [2.45, 2.75) is 18.2 Å².